The molecule has 0 aliphatic heterocycles. The Morgan fingerprint density at radius 1 is 1.05 bits per heavy atom. The summed E-state index contributed by atoms with van der Waals surface area (Å²) in [5.74, 6) is 5.99. The smallest absolute Gasteiger partial charge is 0.210 e. The summed E-state index contributed by atoms with van der Waals surface area (Å²) >= 11 is 18.0. The van der Waals surface area contributed by atoms with E-state index in [0.717, 1.165) is 12.8 Å². The lowest BCUT2D eigenvalue weighted by Crippen LogP contribution is -2.37. The van der Waals surface area contributed by atoms with Gasteiger partial charge in [-0.05, 0) is 25.0 Å². The molecule has 110 valence electrons. The topological polar surface area (TPSA) is 62.4 Å². The van der Waals surface area contributed by atoms with Gasteiger partial charge in [-0.3, -0.25) is 5.43 Å². The Balaban J connectivity index is 2.13. The minimum absolute atomic E-state index is 0.295. The van der Waals surface area contributed by atoms with Crippen molar-refractivity contribution in [1.29, 1.82) is 0 Å². The Hall–Kier alpha value is -0.680. The lowest BCUT2D eigenvalue weighted by Gasteiger charge is -2.20. The Labute approximate surface area is 133 Å². The first-order valence-corrected chi connectivity index (χ1v) is 7.69. The number of nitrogens with one attached hydrogen (secondary N) is 2. The number of nitrogens with two attached hydrogens (primary N) is 1. The van der Waals surface area contributed by atoms with Crippen LogP contribution in [0.5, 0.6) is 0 Å². The highest BCUT2D eigenvalue weighted by atomic mass is 35.5. The molecule has 4 N–H and O–H groups in total. The lowest BCUT2D eigenvalue weighted by molar-refractivity contribution is 0.442. The molecule has 0 atom stereocenters. The number of rotatable bonds is 2. The van der Waals surface area contributed by atoms with Crippen LogP contribution in [0.25, 0.3) is 0 Å². The average Bonchev–Trinajstić information content (AvgIpc) is 2.45. The van der Waals surface area contributed by atoms with Crippen molar-refractivity contribution in [2.45, 2.75) is 38.1 Å². The standard InChI is InChI=1S/C13H17Cl3N4/c14-9-6-11(16)12(7-10(9)15)19-13(20-17)18-8-4-2-1-3-5-8/h6-8H,1-5,17H2,(H2,18,19,20). The van der Waals surface area contributed by atoms with E-state index in [1.54, 1.807) is 12.1 Å². The van der Waals surface area contributed by atoms with E-state index in [9.17, 15) is 0 Å². The number of aliphatic imine (C=N–C) groups is 1. The molecule has 0 aromatic heterocycles. The monoisotopic (exact) mass is 334 g/mol. The van der Waals surface area contributed by atoms with Gasteiger partial charge in [0.05, 0.1) is 26.8 Å². The van der Waals surface area contributed by atoms with Gasteiger partial charge in [0, 0.05) is 0 Å². The SMILES string of the molecule is NNC(=NC1CCCCC1)Nc1cc(Cl)c(Cl)cc1Cl. The van der Waals surface area contributed by atoms with Crippen molar-refractivity contribution in [3.8, 4) is 0 Å². The normalized spacial score (nSPS) is 17.1. The summed E-state index contributed by atoms with van der Waals surface area (Å²) < 4.78 is 0. The molecule has 4 nitrogen and oxygen atoms in total. The van der Waals surface area contributed by atoms with Gasteiger partial charge in [-0.15, -0.1) is 0 Å². The predicted molar refractivity (Wildman–Crippen MR) is 86.7 cm³/mol. The average molecular weight is 336 g/mol. The number of halogens is 3. The second kappa shape index (κ2) is 7.36. The molecule has 1 aromatic carbocycles. The van der Waals surface area contributed by atoms with Gasteiger partial charge < -0.3 is 5.32 Å². The first-order valence-electron chi connectivity index (χ1n) is 6.56. The number of anilines is 1. The number of hydrogen-bond donors (Lipinski definition) is 3. The van der Waals surface area contributed by atoms with Crippen LogP contribution in [0, 0.1) is 0 Å². The van der Waals surface area contributed by atoms with Gasteiger partial charge in [0.1, 0.15) is 0 Å². The highest BCUT2D eigenvalue weighted by Crippen LogP contribution is 2.32. The molecule has 0 saturated heterocycles. The quantitative estimate of drug-likeness (QED) is 0.249. The summed E-state index contributed by atoms with van der Waals surface area (Å²) in [6.07, 6.45) is 5.87. The molecule has 0 amide bonds. The van der Waals surface area contributed by atoms with Crippen LogP contribution in [0.2, 0.25) is 15.1 Å². The van der Waals surface area contributed by atoms with Crippen LogP contribution in [-0.2, 0) is 0 Å². The van der Waals surface area contributed by atoms with Crippen LogP contribution in [0.15, 0.2) is 17.1 Å². The Morgan fingerprint density at radius 2 is 1.70 bits per heavy atom. The zero-order chi connectivity index (χ0) is 14.5. The van der Waals surface area contributed by atoms with Crippen molar-refractivity contribution in [2.24, 2.45) is 10.8 Å². The molecule has 1 aliphatic carbocycles. The first-order chi connectivity index (χ1) is 9.60. The van der Waals surface area contributed by atoms with Crippen molar-refractivity contribution >= 4 is 46.4 Å². The van der Waals surface area contributed by atoms with E-state index in [4.69, 9.17) is 40.6 Å². The maximum absolute atomic E-state index is 6.12. The summed E-state index contributed by atoms with van der Waals surface area (Å²) in [6.45, 7) is 0. The van der Waals surface area contributed by atoms with Gasteiger partial charge in [0.2, 0.25) is 5.96 Å². The number of hydrogen-bond acceptors (Lipinski definition) is 2. The summed E-state index contributed by atoms with van der Waals surface area (Å²) in [5, 5.41) is 4.35. The maximum atomic E-state index is 6.12. The van der Waals surface area contributed by atoms with Gasteiger partial charge in [-0.1, -0.05) is 54.1 Å². The summed E-state index contributed by atoms with van der Waals surface area (Å²) in [6, 6.07) is 3.53. The third-order valence-electron chi connectivity index (χ3n) is 3.29. The largest absolute Gasteiger partial charge is 0.324 e. The van der Waals surface area contributed by atoms with E-state index in [-0.39, 0.29) is 0 Å². The third-order valence-corrected chi connectivity index (χ3v) is 4.32. The zero-order valence-electron chi connectivity index (χ0n) is 10.9. The van der Waals surface area contributed by atoms with Gasteiger partial charge in [-0.2, -0.15) is 0 Å². The minimum atomic E-state index is 0.295. The molecule has 1 aliphatic rings. The third kappa shape index (κ3) is 4.16. The Kier molecular flexibility index (Phi) is 5.78. The zero-order valence-corrected chi connectivity index (χ0v) is 13.2. The molecule has 2 rings (SSSR count). The van der Waals surface area contributed by atoms with E-state index < -0.39 is 0 Å². The van der Waals surface area contributed by atoms with Crippen molar-refractivity contribution < 1.29 is 0 Å². The van der Waals surface area contributed by atoms with Gasteiger partial charge in [0.15, 0.2) is 0 Å². The first kappa shape index (κ1) is 15.7. The Morgan fingerprint density at radius 3 is 2.35 bits per heavy atom. The van der Waals surface area contributed by atoms with E-state index in [1.807, 2.05) is 0 Å². The van der Waals surface area contributed by atoms with E-state index in [2.05, 4.69) is 15.7 Å². The molecule has 0 heterocycles. The van der Waals surface area contributed by atoms with E-state index >= 15 is 0 Å². The molecule has 1 aromatic rings. The Bertz CT molecular complexity index is 499. The second-order valence-corrected chi connectivity index (χ2v) is 6.01. The van der Waals surface area contributed by atoms with Gasteiger partial charge in [-0.25, -0.2) is 10.8 Å². The van der Waals surface area contributed by atoms with Gasteiger partial charge >= 0.3 is 0 Å². The molecule has 20 heavy (non-hydrogen) atoms. The molecule has 0 radical (unpaired) electrons. The second-order valence-electron chi connectivity index (χ2n) is 4.79. The van der Waals surface area contributed by atoms with Crippen LogP contribution in [0.3, 0.4) is 0 Å². The molecular weight excluding hydrogens is 319 g/mol. The number of hydrazine groups is 1. The van der Waals surface area contributed by atoms with E-state index in [0.29, 0.717) is 32.8 Å². The number of benzene rings is 1. The van der Waals surface area contributed by atoms with Crippen molar-refractivity contribution in [2.75, 3.05) is 5.32 Å². The van der Waals surface area contributed by atoms with Crippen molar-refractivity contribution in [3.63, 3.8) is 0 Å². The summed E-state index contributed by atoms with van der Waals surface area (Å²) in [5.41, 5.74) is 3.18. The molecule has 1 fully saturated rings. The van der Waals surface area contributed by atoms with Gasteiger partial charge in [0.25, 0.3) is 0 Å². The van der Waals surface area contributed by atoms with Crippen LogP contribution in [0.4, 0.5) is 5.69 Å². The highest BCUT2D eigenvalue weighted by molar-refractivity contribution is 6.44. The highest BCUT2D eigenvalue weighted by Gasteiger charge is 2.14. The predicted octanol–water partition coefficient (Wildman–Crippen LogP) is 4.21. The van der Waals surface area contributed by atoms with Crippen LogP contribution in [0.1, 0.15) is 32.1 Å². The van der Waals surface area contributed by atoms with Crippen LogP contribution < -0.4 is 16.6 Å². The molecule has 1 saturated carbocycles. The maximum Gasteiger partial charge on any atom is 0.210 e. The molecule has 0 bridgehead atoms. The number of nitrogens with zero attached hydrogens (tertiary/aromatic N) is 1. The summed E-state index contributed by atoms with van der Waals surface area (Å²) in [7, 11) is 0. The minimum Gasteiger partial charge on any atom is -0.324 e. The van der Waals surface area contributed by atoms with Crippen molar-refractivity contribution in [1.82, 2.24) is 5.43 Å². The number of guanidine groups is 1. The molecular formula is C13H17Cl3N4. The molecule has 0 spiro atoms. The molecule has 7 heteroatoms. The summed E-state index contributed by atoms with van der Waals surface area (Å²) in [4.78, 5) is 4.58. The fourth-order valence-electron chi connectivity index (χ4n) is 2.24. The lowest BCUT2D eigenvalue weighted by atomic mass is 9.96. The fourth-order valence-corrected chi connectivity index (χ4v) is 2.84. The van der Waals surface area contributed by atoms with Crippen LogP contribution >= 0.6 is 34.8 Å². The fraction of sp³-hybridized carbons (Fsp3) is 0.462. The van der Waals surface area contributed by atoms with Crippen LogP contribution in [-0.4, -0.2) is 12.0 Å². The molecule has 0 unspecified atom stereocenters. The van der Waals surface area contributed by atoms with Crippen molar-refractivity contribution in [3.05, 3.63) is 27.2 Å². The van der Waals surface area contributed by atoms with E-state index in [1.165, 1.54) is 19.3 Å².